The lowest BCUT2D eigenvalue weighted by molar-refractivity contribution is -0.139. The number of carbonyl (C=O) groups excluding carboxylic acids is 2. The maximum atomic E-state index is 13.3. The van der Waals surface area contributed by atoms with Crippen molar-refractivity contribution in [1.82, 2.24) is 9.80 Å². The van der Waals surface area contributed by atoms with Gasteiger partial charge in [0.25, 0.3) is 11.7 Å². The Morgan fingerprint density at radius 2 is 1.83 bits per heavy atom. The van der Waals surface area contributed by atoms with Gasteiger partial charge in [0, 0.05) is 12.1 Å². The quantitative estimate of drug-likeness (QED) is 0.288. The summed E-state index contributed by atoms with van der Waals surface area (Å²) in [5, 5.41) is 21.5. The number of phenols is 1. The minimum atomic E-state index is -0.820. The number of nitrogens with zero attached hydrogens (tertiary/aromatic N) is 2. The van der Waals surface area contributed by atoms with Gasteiger partial charge < -0.3 is 29.5 Å². The van der Waals surface area contributed by atoms with Crippen LogP contribution in [-0.4, -0.2) is 71.6 Å². The van der Waals surface area contributed by atoms with E-state index < -0.39 is 17.7 Å². The average Bonchev–Trinajstić information content (AvgIpc) is 3.06. The Labute approximate surface area is 212 Å². The number of aromatic hydroxyl groups is 1. The first-order valence-electron chi connectivity index (χ1n) is 12.2. The number of hydrogen-bond acceptors (Lipinski definition) is 7. The van der Waals surface area contributed by atoms with Crippen LogP contribution in [0.15, 0.2) is 42.0 Å². The molecule has 0 bridgehead atoms. The van der Waals surface area contributed by atoms with Gasteiger partial charge in [0.1, 0.15) is 11.5 Å². The van der Waals surface area contributed by atoms with Crippen LogP contribution in [0.1, 0.15) is 49.9 Å². The van der Waals surface area contributed by atoms with E-state index in [0.717, 1.165) is 12.1 Å². The summed E-state index contributed by atoms with van der Waals surface area (Å²) in [5.74, 6) is -0.765. The van der Waals surface area contributed by atoms with Crippen LogP contribution in [0.3, 0.4) is 0 Å². The Morgan fingerprint density at radius 3 is 2.44 bits per heavy atom. The van der Waals surface area contributed by atoms with Crippen molar-refractivity contribution in [3.05, 3.63) is 58.7 Å². The van der Waals surface area contributed by atoms with Gasteiger partial charge in [-0.25, -0.2) is 0 Å². The zero-order chi connectivity index (χ0) is 26.6. The van der Waals surface area contributed by atoms with Crippen molar-refractivity contribution in [2.45, 2.75) is 46.3 Å². The molecule has 2 N–H and O–H groups in total. The minimum Gasteiger partial charge on any atom is -0.507 e. The maximum absolute atomic E-state index is 13.3. The van der Waals surface area contributed by atoms with Gasteiger partial charge in [0.05, 0.1) is 24.3 Å². The number of rotatable bonds is 10. The molecule has 36 heavy (non-hydrogen) atoms. The van der Waals surface area contributed by atoms with Crippen molar-refractivity contribution in [3.8, 4) is 17.2 Å². The summed E-state index contributed by atoms with van der Waals surface area (Å²) in [5.41, 5.74) is 1.80. The lowest BCUT2D eigenvalue weighted by Gasteiger charge is -2.26. The van der Waals surface area contributed by atoms with Gasteiger partial charge in [0.2, 0.25) is 0 Å². The van der Waals surface area contributed by atoms with E-state index in [1.54, 1.807) is 37.3 Å². The fourth-order valence-corrected chi connectivity index (χ4v) is 4.32. The Bertz CT molecular complexity index is 1150. The van der Waals surface area contributed by atoms with Crippen LogP contribution in [0, 0.1) is 6.92 Å². The molecule has 2 aromatic rings. The number of aliphatic hydroxyl groups excluding tert-OH is 1. The van der Waals surface area contributed by atoms with Crippen molar-refractivity contribution in [1.29, 1.82) is 0 Å². The highest BCUT2D eigenvalue weighted by Crippen LogP contribution is 2.42. The molecule has 1 saturated heterocycles. The molecule has 1 aliphatic rings. The van der Waals surface area contributed by atoms with Gasteiger partial charge in [-0.15, -0.1) is 0 Å². The van der Waals surface area contributed by atoms with E-state index in [4.69, 9.17) is 9.47 Å². The van der Waals surface area contributed by atoms with E-state index in [1.807, 2.05) is 39.8 Å². The molecule has 1 fully saturated rings. The van der Waals surface area contributed by atoms with Crippen LogP contribution >= 0.6 is 0 Å². The smallest absolute Gasteiger partial charge is 0.295 e. The normalized spacial score (nSPS) is 17.3. The highest BCUT2D eigenvalue weighted by atomic mass is 16.5. The Kier molecular flexibility index (Phi) is 8.63. The molecular weight excluding hydrogens is 460 g/mol. The number of phenolic OH excluding ortho intramolecular Hbond substituents is 1. The molecule has 1 atom stereocenters. The molecule has 1 amide bonds. The van der Waals surface area contributed by atoms with Gasteiger partial charge in [-0.05, 0) is 96.2 Å². The highest BCUT2D eigenvalue weighted by Gasteiger charge is 2.46. The maximum Gasteiger partial charge on any atom is 0.295 e. The van der Waals surface area contributed by atoms with Crippen molar-refractivity contribution >= 4 is 17.4 Å². The summed E-state index contributed by atoms with van der Waals surface area (Å²) in [6.07, 6.45) is 0.637. The van der Waals surface area contributed by atoms with E-state index >= 15 is 0 Å². The molecule has 3 rings (SSSR count). The second-order valence-corrected chi connectivity index (χ2v) is 9.46. The Balaban J connectivity index is 2.13. The SMILES string of the molecule is CCOc1cc([C@@H]2/C(=C(\O)c3ccc(OC(C)C)c(C)c3)C(=O)C(=O)N2CCCN(C)C)ccc1O. The van der Waals surface area contributed by atoms with Gasteiger partial charge >= 0.3 is 0 Å². The Hall–Kier alpha value is -3.52. The third-order valence-corrected chi connectivity index (χ3v) is 5.95. The fourth-order valence-electron chi connectivity index (χ4n) is 4.32. The molecule has 2 aromatic carbocycles. The van der Waals surface area contributed by atoms with E-state index in [1.165, 1.54) is 11.0 Å². The van der Waals surface area contributed by atoms with Crippen LogP contribution < -0.4 is 9.47 Å². The topological polar surface area (TPSA) is 99.5 Å². The molecule has 0 aliphatic carbocycles. The summed E-state index contributed by atoms with van der Waals surface area (Å²) >= 11 is 0. The summed E-state index contributed by atoms with van der Waals surface area (Å²) in [6, 6.07) is 9.09. The van der Waals surface area contributed by atoms with Crippen molar-refractivity contribution in [3.63, 3.8) is 0 Å². The highest BCUT2D eigenvalue weighted by molar-refractivity contribution is 6.46. The number of benzene rings is 2. The monoisotopic (exact) mass is 496 g/mol. The number of carbonyl (C=O) groups is 2. The second kappa shape index (κ2) is 11.5. The largest absolute Gasteiger partial charge is 0.507 e. The third-order valence-electron chi connectivity index (χ3n) is 5.95. The Morgan fingerprint density at radius 1 is 1.11 bits per heavy atom. The molecule has 8 heteroatoms. The molecule has 0 aromatic heterocycles. The lowest BCUT2D eigenvalue weighted by Crippen LogP contribution is -2.32. The number of aliphatic hydroxyl groups is 1. The number of ether oxygens (including phenoxy) is 2. The summed E-state index contributed by atoms with van der Waals surface area (Å²) in [4.78, 5) is 29.9. The van der Waals surface area contributed by atoms with Crippen molar-refractivity contribution < 1.29 is 29.3 Å². The molecule has 1 aliphatic heterocycles. The van der Waals surface area contributed by atoms with Crippen LogP contribution in [0.25, 0.3) is 5.76 Å². The predicted molar refractivity (Wildman–Crippen MR) is 138 cm³/mol. The molecule has 8 nitrogen and oxygen atoms in total. The number of aryl methyl sites for hydroxylation is 1. The zero-order valence-corrected chi connectivity index (χ0v) is 21.9. The summed E-state index contributed by atoms with van der Waals surface area (Å²) in [6.45, 7) is 8.92. The van der Waals surface area contributed by atoms with E-state index in [-0.39, 0.29) is 28.9 Å². The summed E-state index contributed by atoms with van der Waals surface area (Å²) in [7, 11) is 3.88. The van der Waals surface area contributed by atoms with Crippen molar-refractivity contribution in [2.24, 2.45) is 0 Å². The fraction of sp³-hybridized carbons (Fsp3) is 0.429. The molecule has 0 spiro atoms. The number of likely N-dealkylation sites (tertiary alicyclic amines) is 1. The molecule has 194 valence electrons. The standard InChI is InChI=1S/C28H36N2O6/c1-7-35-23-16-19(9-11-21(23)31)25-24(27(33)28(34)30(25)14-8-13-29(5)6)26(32)20-10-12-22(18(4)15-20)36-17(2)3/h9-12,15-17,25,31-32H,7-8,13-14H2,1-6H3/b26-24+/t25-/m1/s1. The zero-order valence-electron chi connectivity index (χ0n) is 21.9. The molecule has 0 saturated carbocycles. The number of ketones is 1. The number of hydrogen-bond donors (Lipinski definition) is 2. The predicted octanol–water partition coefficient (Wildman–Crippen LogP) is 4.26. The molecule has 0 radical (unpaired) electrons. The second-order valence-electron chi connectivity index (χ2n) is 9.46. The van der Waals surface area contributed by atoms with Crippen LogP contribution in [-0.2, 0) is 9.59 Å². The van der Waals surface area contributed by atoms with Gasteiger partial charge in [-0.3, -0.25) is 9.59 Å². The van der Waals surface area contributed by atoms with Crippen LogP contribution in [0.4, 0.5) is 0 Å². The third kappa shape index (κ3) is 5.82. The van der Waals surface area contributed by atoms with Gasteiger partial charge in [-0.2, -0.15) is 0 Å². The van der Waals surface area contributed by atoms with Crippen LogP contribution in [0.2, 0.25) is 0 Å². The van der Waals surface area contributed by atoms with E-state index in [2.05, 4.69) is 0 Å². The van der Waals surface area contributed by atoms with Gasteiger partial charge in [-0.1, -0.05) is 6.07 Å². The summed E-state index contributed by atoms with van der Waals surface area (Å²) < 4.78 is 11.3. The van der Waals surface area contributed by atoms with Crippen molar-refractivity contribution in [2.75, 3.05) is 33.8 Å². The minimum absolute atomic E-state index is 0.00918. The number of amides is 1. The van der Waals surface area contributed by atoms with Crippen LogP contribution in [0.5, 0.6) is 17.2 Å². The first kappa shape index (κ1) is 27.1. The number of Topliss-reactive ketones (excluding diaryl/α,β-unsaturated/α-hetero) is 1. The van der Waals surface area contributed by atoms with E-state index in [9.17, 15) is 19.8 Å². The average molecular weight is 497 g/mol. The molecule has 1 heterocycles. The van der Waals surface area contributed by atoms with E-state index in [0.29, 0.717) is 36.4 Å². The first-order chi connectivity index (χ1) is 17.0. The first-order valence-corrected chi connectivity index (χ1v) is 12.2. The molecular formula is C28H36N2O6. The van der Waals surface area contributed by atoms with Gasteiger partial charge in [0.15, 0.2) is 11.5 Å². The molecule has 0 unspecified atom stereocenters. The lowest BCUT2D eigenvalue weighted by atomic mass is 9.94.